The molecule has 34 heavy (non-hydrogen) atoms. The summed E-state index contributed by atoms with van der Waals surface area (Å²) in [5.74, 6) is 2.59. The smallest absolute Gasteiger partial charge is 0.165 e. The quantitative estimate of drug-likeness (QED) is 0.660. The minimum atomic E-state index is -0.762. The average Bonchev–Trinajstić information content (AvgIpc) is 3.75. The second-order valence-corrected chi connectivity index (χ2v) is 13.4. The third-order valence-corrected chi connectivity index (χ3v) is 11.8. The predicted octanol–water partition coefficient (Wildman–Crippen LogP) is 4.17. The van der Waals surface area contributed by atoms with E-state index in [1.807, 2.05) is 13.2 Å². The molecule has 5 heteroatoms. The van der Waals surface area contributed by atoms with Crippen molar-refractivity contribution < 1.29 is 19.7 Å². The van der Waals surface area contributed by atoms with Gasteiger partial charge in [-0.15, -0.1) is 0 Å². The van der Waals surface area contributed by atoms with Crippen molar-refractivity contribution in [1.29, 1.82) is 0 Å². The summed E-state index contributed by atoms with van der Waals surface area (Å²) in [6, 6.07) is 4.51. The Labute approximate surface area is 202 Å². The van der Waals surface area contributed by atoms with Gasteiger partial charge in [-0.1, -0.05) is 18.9 Å². The number of phenolic OH excluding ortho intramolecular Hbond substituents is 1. The first-order valence-corrected chi connectivity index (χ1v) is 13.9. The number of nitrogens with zero attached hydrogens (tertiary/aromatic N) is 1. The second kappa shape index (κ2) is 6.33. The van der Waals surface area contributed by atoms with Crippen LogP contribution >= 0.6 is 0 Å². The Bertz CT molecular complexity index is 1060. The normalized spacial score (nSPS) is 45.6. The molecule has 2 N–H and O–H groups in total. The van der Waals surface area contributed by atoms with Crippen molar-refractivity contribution in [3.05, 3.63) is 23.3 Å². The Kier molecular flexibility index (Phi) is 3.88. The van der Waals surface area contributed by atoms with Crippen molar-refractivity contribution >= 4 is 0 Å². The number of aliphatic hydroxyl groups is 1. The van der Waals surface area contributed by atoms with Gasteiger partial charge in [0.15, 0.2) is 11.5 Å². The summed E-state index contributed by atoms with van der Waals surface area (Å²) >= 11 is 0. The lowest BCUT2D eigenvalue weighted by atomic mass is 9.33. The molecule has 0 aromatic heterocycles. The summed E-state index contributed by atoms with van der Waals surface area (Å²) in [5.41, 5.74) is 1.38. The van der Waals surface area contributed by atoms with Crippen LogP contribution in [0.1, 0.15) is 75.8 Å². The number of hydrogen-bond acceptors (Lipinski definition) is 5. The van der Waals surface area contributed by atoms with Gasteiger partial charge in [0.2, 0.25) is 0 Å². The monoisotopic (exact) mass is 465 g/mol. The maximum atomic E-state index is 12.1. The van der Waals surface area contributed by atoms with Crippen molar-refractivity contribution in [1.82, 2.24) is 4.90 Å². The number of likely N-dealkylation sites (tertiary alicyclic amines) is 1. The van der Waals surface area contributed by atoms with Gasteiger partial charge < -0.3 is 19.7 Å². The molecular weight excluding hydrogens is 426 g/mol. The number of fused-ring (bicyclic) bond motifs is 2. The highest BCUT2D eigenvalue weighted by molar-refractivity contribution is 5.63. The van der Waals surface area contributed by atoms with Gasteiger partial charge in [-0.2, -0.15) is 0 Å². The molecule has 1 saturated heterocycles. The fourth-order valence-electron chi connectivity index (χ4n) is 10.2. The van der Waals surface area contributed by atoms with Gasteiger partial charge in [0.1, 0.15) is 11.7 Å². The molecule has 2 spiro atoms. The van der Waals surface area contributed by atoms with E-state index >= 15 is 0 Å². The topological polar surface area (TPSA) is 62.2 Å². The third kappa shape index (κ3) is 2.29. The highest BCUT2D eigenvalue weighted by Gasteiger charge is 2.82. The zero-order chi connectivity index (χ0) is 23.1. The molecule has 5 saturated carbocycles. The summed E-state index contributed by atoms with van der Waals surface area (Å²) in [4.78, 5) is 2.84. The van der Waals surface area contributed by atoms with Crippen LogP contribution in [0.5, 0.6) is 11.5 Å². The van der Waals surface area contributed by atoms with E-state index in [2.05, 4.69) is 17.9 Å². The lowest BCUT2D eigenvalue weighted by molar-refractivity contribution is -0.303. The van der Waals surface area contributed by atoms with Gasteiger partial charge in [0.25, 0.3) is 0 Å². The van der Waals surface area contributed by atoms with Gasteiger partial charge in [-0.3, -0.25) is 4.90 Å². The van der Waals surface area contributed by atoms with Gasteiger partial charge in [0, 0.05) is 42.0 Å². The highest BCUT2D eigenvalue weighted by Crippen LogP contribution is 2.77. The first-order chi connectivity index (χ1) is 16.3. The molecule has 7 atom stereocenters. The van der Waals surface area contributed by atoms with Gasteiger partial charge >= 0.3 is 0 Å². The zero-order valence-electron chi connectivity index (χ0n) is 20.7. The Morgan fingerprint density at radius 3 is 2.68 bits per heavy atom. The molecule has 6 fully saturated rings. The SMILES string of the molecule is COC12CCC3(CC1C(C)(O)CC1CC1)C1Cc4ccc(O)c5c4[C@@]3(CCN1CC1CC1)C2O5. The van der Waals surface area contributed by atoms with Crippen LogP contribution in [-0.2, 0) is 16.6 Å². The van der Waals surface area contributed by atoms with Gasteiger partial charge in [-0.05, 0) is 88.3 Å². The molecule has 184 valence electrons. The second-order valence-electron chi connectivity index (χ2n) is 13.4. The molecule has 8 aliphatic rings. The van der Waals surface area contributed by atoms with E-state index in [4.69, 9.17) is 9.47 Å². The number of piperidine rings is 1. The van der Waals surface area contributed by atoms with Crippen LogP contribution in [-0.4, -0.2) is 58.7 Å². The molecule has 0 amide bonds. The van der Waals surface area contributed by atoms with Crippen molar-refractivity contribution in [2.75, 3.05) is 20.2 Å². The molecule has 6 unspecified atom stereocenters. The number of benzene rings is 1. The molecule has 5 nitrogen and oxygen atoms in total. The molecule has 4 bridgehead atoms. The Hall–Kier alpha value is -1.30. The molecule has 0 radical (unpaired) electrons. The van der Waals surface area contributed by atoms with Crippen LogP contribution in [0, 0.1) is 23.2 Å². The average molecular weight is 466 g/mol. The number of hydrogen-bond donors (Lipinski definition) is 2. The van der Waals surface area contributed by atoms with E-state index < -0.39 is 11.2 Å². The molecule has 9 rings (SSSR count). The number of ether oxygens (including phenoxy) is 2. The van der Waals surface area contributed by atoms with Crippen LogP contribution in [0.3, 0.4) is 0 Å². The van der Waals surface area contributed by atoms with E-state index in [0.29, 0.717) is 12.0 Å². The Morgan fingerprint density at radius 1 is 1.15 bits per heavy atom. The first-order valence-electron chi connectivity index (χ1n) is 13.9. The number of aromatic hydroxyl groups is 1. The van der Waals surface area contributed by atoms with Gasteiger partial charge in [-0.25, -0.2) is 0 Å². The molecule has 2 heterocycles. The fourth-order valence-corrected chi connectivity index (χ4v) is 10.2. The van der Waals surface area contributed by atoms with E-state index in [9.17, 15) is 10.2 Å². The van der Waals surface area contributed by atoms with E-state index in [1.165, 1.54) is 43.4 Å². The minimum absolute atomic E-state index is 0.0545. The maximum absolute atomic E-state index is 12.1. The molecule has 1 aromatic carbocycles. The predicted molar refractivity (Wildman–Crippen MR) is 128 cm³/mol. The summed E-state index contributed by atoms with van der Waals surface area (Å²) in [7, 11) is 1.85. The maximum Gasteiger partial charge on any atom is 0.165 e. The number of phenols is 1. The Balaban J connectivity index is 1.34. The van der Waals surface area contributed by atoms with Crippen molar-refractivity contribution in [3.63, 3.8) is 0 Å². The van der Waals surface area contributed by atoms with E-state index in [1.54, 1.807) is 0 Å². The number of methoxy groups -OCH3 is 1. The fraction of sp³-hybridized carbons (Fsp3) is 0.793. The molecule has 2 aliphatic heterocycles. The first kappa shape index (κ1) is 20.8. The molecular formula is C29H39NO4. The van der Waals surface area contributed by atoms with Crippen LogP contribution in [0.4, 0.5) is 0 Å². The van der Waals surface area contributed by atoms with Crippen LogP contribution in [0.15, 0.2) is 12.1 Å². The van der Waals surface area contributed by atoms with Crippen molar-refractivity contribution in [2.24, 2.45) is 23.2 Å². The largest absolute Gasteiger partial charge is 0.504 e. The highest BCUT2D eigenvalue weighted by atomic mass is 16.6. The minimum Gasteiger partial charge on any atom is -0.504 e. The van der Waals surface area contributed by atoms with E-state index in [-0.39, 0.29) is 28.6 Å². The standard InChI is InChI=1S/C29H39NO4/c1-26(32,14-17-3-4-17)21-15-27-9-10-29(21,33-2)25-28(27)11-12-30(16-18-5-6-18)22(27)13-19-7-8-20(31)24(34-25)23(19)28/h7-8,17-18,21-22,25,31-32H,3-6,9-16H2,1-2H3/t21?,22?,25?,26?,27?,28-,29?/m0/s1. The van der Waals surface area contributed by atoms with Crippen LogP contribution in [0.2, 0.25) is 0 Å². The Morgan fingerprint density at radius 2 is 1.94 bits per heavy atom. The number of rotatable bonds is 6. The van der Waals surface area contributed by atoms with Crippen molar-refractivity contribution in [2.45, 2.75) is 99.9 Å². The van der Waals surface area contributed by atoms with Crippen LogP contribution in [0.25, 0.3) is 0 Å². The van der Waals surface area contributed by atoms with Crippen molar-refractivity contribution in [3.8, 4) is 11.5 Å². The lowest BCUT2D eigenvalue weighted by Crippen LogP contribution is -2.82. The summed E-state index contributed by atoms with van der Waals surface area (Å²) in [5, 5.41) is 23.0. The molecule has 6 aliphatic carbocycles. The summed E-state index contributed by atoms with van der Waals surface area (Å²) in [6.45, 7) is 4.43. The third-order valence-electron chi connectivity index (χ3n) is 11.8. The zero-order valence-corrected chi connectivity index (χ0v) is 20.7. The summed E-state index contributed by atoms with van der Waals surface area (Å²) < 4.78 is 13.5. The lowest BCUT2D eigenvalue weighted by Gasteiger charge is -2.75. The van der Waals surface area contributed by atoms with E-state index in [0.717, 1.165) is 56.7 Å². The molecule has 1 aromatic rings. The van der Waals surface area contributed by atoms with Crippen LogP contribution < -0.4 is 4.74 Å². The summed E-state index contributed by atoms with van der Waals surface area (Å²) in [6.07, 6.45) is 11.2. The van der Waals surface area contributed by atoms with Gasteiger partial charge in [0.05, 0.1) is 5.60 Å².